The minimum absolute atomic E-state index is 0.0248. The lowest BCUT2D eigenvalue weighted by Crippen LogP contribution is -2.51. The van der Waals surface area contributed by atoms with Crippen molar-refractivity contribution in [1.82, 2.24) is 25.2 Å². The number of hydrogen-bond acceptors (Lipinski definition) is 8. The summed E-state index contributed by atoms with van der Waals surface area (Å²) >= 11 is 0. The normalized spacial score (nSPS) is 22.5. The predicted octanol–water partition coefficient (Wildman–Crippen LogP) is 4.22. The highest BCUT2D eigenvalue weighted by Crippen LogP contribution is 2.39. The van der Waals surface area contributed by atoms with Crippen LogP contribution in [0.5, 0.6) is 11.8 Å². The molecular weight excluding hydrogens is 526 g/mol. The van der Waals surface area contributed by atoms with Crippen LogP contribution in [0.3, 0.4) is 0 Å². The van der Waals surface area contributed by atoms with E-state index >= 15 is 4.39 Å². The van der Waals surface area contributed by atoms with Gasteiger partial charge in [-0.3, -0.25) is 4.98 Å². The summed E-state index contributed by atoms with van der Waals surface area (Å²) < 4.78 is 37.4. The molecule has 0 spiro atoms. The number of ether oxygens (including phenoxy) is 1. The number of terminal acetylenes is 1. The number of phenols is 1. The monoisotopic (exact) mass is 556 g/mol. The van der Waals surface area contributed by atoms with Gasteiger partial charge in [0.2, 0.25) is 0 Å². The number of phenolic OH excluding ortho intramolecular Hbond substituents is 1. The first-order valence-electron chi connectivity index (χ1n) is 14.0. The number of hydrogen-bond donors (Lipinski definition) is 2. The van der Waals surface area contributed by atoms with Crippen molar-refractivity contribution >= 4 is 27.5 Å². The van der Waals surface area contributed by atoms with E-state index in [2.05, 4.69) is 38.1 Å². The number of anilines is 1. The Morgan fingerprint density at radius 3 is 2.68 bits per heavy atom. The lowest BCUT2D eigenvalue weighted by molar-refractivity contribution is 0.188. The second-order valence-corrected chi connectivity index (χ2v) is 11.3. The maximum absolute atomic E-state index is 16.6. The van der Waals surface area contributed by atoms with Crippen molar-refractivity contribution in [2.45, 2.75) is 43.8 Å². The van der Waals surface area contributed by atoms with Crippen LogP contribution in [0.4, 0.5) is 14.6 Å². The van der Waals surface area contributed by atoms with Crippen molar-refractivity contribution < 1.29 is 18.6 Å². The number of halogens is 2. The molecule has 0 radical (unpaired) electrons. The Balaban J connectivity index is 1.39. The van der Waals surface area contributed by atoms with Gasteiger partial charge >= 0.3 is 6.01 Å². The molecule has 41 heavy (non-hydrogen) atoms. The number of aromatic hydroxyl groups is 1. The summed E-state index contributed by atoms with van der Waals surface area (Å²) in [5.41, 5.74) is 0.119. The summed E-state index contributed by atoms with van der Waals surface area (Å²) in [6, 6.07) is 6.56. The highest BCUT2D eigenvalue weighted by molar-refractivity contribution is 6.03. The van der Waals surface area contributed by atoms with E-state index in [9.17, 15) is 9.50 Å². The number of piperazine rings is 1. The van der Waals surface area contributed by atoms with Crippen LogP contribution in [0, 0.1) is 24.0 Å². The van der Waals surface area contributed by atoms with Gasteiger partial charge in [0.15, 0.2) is 5.82 Å². The molecule has 2 aromatic heterocycles. The predicted molar refractivity (Wildman–Crippen MR) is 153 cm³/mol. The SMILES string of the molecule is C#Cc1c(F)ccc2cc(O)cc(-c3ncc4c(N5C[C@H]6CC[C@@H](C5)N6)nc(OC[C@@H]5CCCN5C)nc4c3F)c12. The van der Waals surface area contributed by atoms with Gasteiger partial charge in [-0.25, -0.2) is 8.78 Å². The summed E-state index contributed by atoms with van der Waals surface area (Å²) in [6.45, 7) is 2.87. The first-order valence-corrected chi connectivity index (χ1v) is 14.0. The van der Waals surface area contributed by atoms with Crippen molar-refractivity contribution in [3.8, 4) is 35.4 Å². The third-order valence-corrected chi connectivity index (χ3v) is 8.69. The molecule has 0 unspecified atom stereocenters. The molecule has 3 saturated heterocycles. The lowest BCUT2D eigenvalue weighted by Gasteiger charge is -2.34. The molecule has 3 atom stereocenters. The van der Waals surface area contributed by atoms with E-state index in [1.807, 2.05) is 0 Å². The Bertz CT molecular complexity index is 1710. The van der Waals surface area contributed by atoms with Gasteiger partial charge in [0.05, 0.1) is 10.9 Å². The van der Waals surface area contributed by atoms with Crippen LogP contribution in [0.1, 0.15) is 31.2 Å². The fourth-order valence-corrected chi connectivity index (χ4v) is 6.60. The number of likely N-dealkylation sites (N-methyl/N-ethyl adjacent to an activating group) is 1. The summed E-state index contributed by atoms with van der Waals surface area (Å²) in [4.78, 5) is 18.2. The van der Waals surface area contributed by atoms with E-state index in [0.29, 0.717) is 40.7 Å². The molecule has 10 heteroatoms. The van der Waals surface area contributed by atoms with Crippen LogP contribution in [0.15, 0.2) is 30.5 Å². The number of benzene rings is 2. The van der Waals surface area contributed by atoms with E-state index in [-0.39, 0.29) is 40.1 Å². The Labute approximate surface area is 236 Å². The van der Waals surface area contributed by atoms with Crippen molar-refractivity contribution in [3.05, 3.63) is 47.7 Å². The molecule has 3 fully saturated rings. The zero-order valence-corrected chi connectivity index (χ0v) is 22.7. The van der Waals surface area contributed by atoms with Crippen LogP contribution >= 0.6 is 0 Å². The second kappa shape index (κ2) is 10.1. The lowest BCUT2D eigenvalue weighted by atomic mass is 9.96. The van der Waals surface area contributed by atoms with Crippen LogP contribution < -0.4 is 15.0 Å². The molecule has 8 nitrogen and oxygen atoms in total. The number of likely N-dealkylation sites (tertiary alicyclic amines) is 1. The fourth-order valence-electron chi connectivity index (χ4n) is 6.60. The Morgan fingerprint density at radius 1 is 1.15 bits per heavy atom. The maximum Gasteiger partial charge on any atom is 0.319 e. The van der Waals surface area contributed by atoms with Gasteiger partial charge in [-0.1, -0.05) is 12.0 Å². The second-order valence-electron chi connectivity index (χ2n) is 11.3. The maximum atomic E-state index is 16.6. The van der Waals surface area contributed by atoms with Gasteiger partial charge in [0, 0.05) is 48.4 Å². The average Bonchev–Trinajstić information content (AvgIpc) is 3.54. The molecule has 2 aromatic carbocycles. The van der Waals surface area contributed by atoms with Gasteiger partial charge in [0.1, 0.15) is 35.2 Å². The zero-order valence-electron chi connectivity index (χ0n) is 22.7. The first-order chi connectivity index (χ1) is 19.9. The van der Waals surface area contributed by atoms with Gasteiger partial charge in [-0.05, 0) is 62.9 Å². The highest BCUT2D eigenvalue weighted by Gasteiger charge is 2.34. The van der Waals surface area contributed by atoms with E-state index < -0.39 is 11.6 Å². The van der Waals surface area contributed by atoms with Gasteiger partial charge in [0.25, 0.3) is 0 Å². The van der Waals surface area contributed by atoms with Crippen LogP contribution in [-0.2, 0) is 0 Å². The van der Waals surface area contributed by atoms with Gasteiger partial charge in [-0.15, -0.1) is 6.42 Å². The van der Waals surface area contributed by atoms with Crippen molar-refractivity contribution in [2.24, 2.45) is 0 Å². The summed E-state index contributed by atoms with van der Waals surface area (Å²) in [6.07, 6.45) is 11.5. The van der Waals surface area contributed by atoms with Gasteiger partial charge in [-0.2, -0.15) is 9.97 Å². The molecule has 5 heterocycles. The molecule has 7 rings (SSSR count). The van der Waals surface area contributed by atoms with Crippen molar-refractivity contribution in [1.29, 1.82) is 0 Å². The molecule has 3 aliphatic rings. The molecule has 2 bridgehead atoms. The van der Waals surface area contributed by atoms with E-state index in [0.717, 1.165) is 45.3 Å². The topological polar surface area (TPSA) is 86.6 Å². The van der Waals surface area contributed by atoms with Gasteiger partial charge < -0.3 is 25.0 Å². The van der Waals surface area contributed by atoms with E-state index in [1.54, 1.807) is 6.20 Å². The molecular formula is C31H30F2N6O2. The average molecular weight is 557 g/mol. The van der Waals surface area contributed by atoms with E-state index in [4.69, 9.17) is 16.1 Å². The Hall–Kier alpha value is -4.07. The molecule has 0 saturated carbocycles. The fraction of sp³-hybridized carbons (Fsp3) is 0.387. The van der Waals surface area contributed by atoms with Crippen molar-refractivity contribution in [2.75, 3.05) is 38.2 Å². The number of nitrogens with one attached hydrogen (secondary N) is 1. The first kappa shape index (κ1) is 25.9. The third-order valence-electron chi connectivity index (χ3n) is 8.69. The third kappa shape index (κ3) is 4.49. The molecule has 2 N–H and O–H groups in total. The Morgan fingerprint density at radius 2 is 1.95 bits per heavy atom. The molecule has 4 aromatic rings. The minimum atomic E-state index is -0.716. The number of nitrogens with zero attached hydrogens (tertiary/aromatic N) is 5. The van der Waals surface area contributed by atoms with Crippen LogP contribution in [-0.4, -0.2) is 76.4 Å². The standard InChI is InChI=1S/C31H30F2N6O2/c1-3-22-25(32)9-6-17-11-21(40)12-23(26(17)22)28-27(33)29-24(13-34-28)30(39-14-18-7-8-19(15-39)35-18)37-31(36-29)41-16-20-5-4-10-38(20)2/h1,6,9,11-13,18-20,35,40H,4-5,7-8,10,14-16H2,2H3/t18-,19+,20-/m0/s1. The Kier molecular flexibility index (Phi) is 6.36. The summed E-state index contributed by atoms with van der Waals surface area (Å²) in [7, 11) is 2.06. The smallest absolute Gasteiger partial charge is 0.319 e. The van der Waals surface area contributed by atoms with Crippen LogP contribution in [0.25, 0.3) is 32.9 Å². The van der Waals surface area contributed by atoms with Crippen LogP contribution in [0.2, 0.25) is 0 Å². The molecule has 0 aliphatic carbocycles. The molecule has 210 valence electrons. The zero-order chi connectivity index (χ0) is 28.2. The minimum Gasteiger partial charge on any atom is -0.508 e. The summed E-state index contributed by atoms with van der Waals surface area (Å²) in [5, 5.41) is 15.3. The highest BCUT2D eigenvalue weighted by atomic mass is 19.1. The number of rotatable bonds is 5. The molecule has 0 amide bonds. The summed E-state index contributed by atoms with van der Waals surface area (Å²) in [5.74, 6) is 1.51. The largest absolute Gasteiger partial charge is 0.508 e. The number of pyridine rings is 1. The number of aromatic nitrogens is 3. The van der Waals surface area contributed by atoms with Crippen molar-refractivity contribution in [3.63, 3.8) is 0 Å². The number of fused-ring (bicyclic) bond motifs is 4. The van der Waals surface area contributed by atoms with E-state index in [1.165, 1.54) is 24.3 Å². The molecule has 3 aliphatic heterocycles. The quantitative estimate of drug-likeness (QED) is 0.354.